The largest absolute Gasteiger partial charge is 0.508 e. The summed E-state index contributed by atoms with van der Waals surface area (Å²) in [4.78, 5) is 12.1. The lowest BCUT2D eigenvalue weighted by molar-refractivity contribution is 0.0431. The van der Waals surface area contributed by atoms with Crippen molar-refractivity contribution < 1.29 is 15.0 Å². The van der Waals surface area contributed by atoms with Crippen molar-refractivity contribution in [3.05, 3.63) is 65.7 Å². The first kappa shape index (κ1) is 13.3. The summed E-state index contributed by atoms with van der Waals surface area (Å²) in [7, 11) is 0. The van der Waals surface area contributed by atoms with Crippen LogP contribution in [0.25, 0.3) is 0 Å². The minimum atomic E-state index is -1.20. The van der Waals surface area contributed by atoms with Crippen LogP contribution >= 0.6 is 0 Å². The molecule has 0 heterocycles. The van der Waals surface area contributed by atoms with Crippen LogP contribution in [-0.2, 0) is 5.60 Å². The Morgan fingerprint density at radius 2 is 1.63 bits per heavy atom. The molecule has 0 bridgehead atoms. The summed E-state index contributed by atoms with van der Waals surface area (Å²) in [5.41, 5.74) is -0.00732. The number of ketones is 1. The van der Waals surface area contributed by atoms with E-state index < -0.39 is 5.60 Å². The molecule has 0 radical (unpaired) electrons. The zero-order valence-electron chi connectivity index (χ0n) is 10.7. The second-order valence-corrected chi connectivity index (χ2v) is 4.79. The molecule has 0 aromatic heterocycles. The van der Waals surface area contributed by atoms with E-state index in [2.05, 4.69) is 0 Å². The molecule has 0 aliphatic rings. The number of Topliss-reactive ketones (excluding diaryl/α,β-unsaturated/α-hetero) is 1. The van der Waals surface area contributed by atoms with E-state index in [-0.39, 0.29) is 18.0 Å². The second-order valence-electron chi connectivity index (χ2n) is 4.79. The molecule has 3 nitrogen and oxygen atoms in total. The van der Waals surface area contributed by atoms with Gasteiger partial charge in [-0.05, 0) is 36.8 Å². The highest BCUT2D eigenvalue weighted by Gasteiger charge is 2.26. The Hall–Kier alpha value is -2.13. The van der Waals surface area contributed by atoms with Crippen LogP contribution in [0.2, 0.25) is 0 Å². The van der Waals surface area contributed by atoms with Gasteiger partial charge >= 0.3 is 0 Å². The van der Waals surface area contributed by atoms with Crippen LogP contribution in [0.4, 0.5) is 0 Å². The Bertz CT molecular complexity index is 556. The molecule has 0 saturated carbocycles. The smallest absolute Gasteiger partial charge is 0.166 e. The highest BCUT2D eigenvalue weighted by Crippen LogP contribution is 2.26. The number of hydrogen-bond donors (Lipinski definition) is 2. The van der Waals surface area contributed by atoms with Crippen molar-refractivity contribution in [3.63, 3.8) is 0 Å². The summed E-state index contributed by atoms with van der Waals surface area (Å²) in [5.74, 6) is -0.0415. The fourth-order valence-electron chi connectivity index (χ4n) is 1.96. The van der Waals surface area contributed by atoms with E-state index >= 15 is 0 Å². The zero-order chi connectivity index (χ0) is 13.9. The molecular formula is C16H16O3. The minimum Gasteiger partial charge on any atom is -0.508 e. The number of aromatic hydroxyl groups is 1. The first-order valence-electron chi connectivity index (χ1n) is 6.09. The van der Waals surface area contributed by atoms with Gasteiger partial charge in [0.25, 0.3) is 0 Å². The van der Waals surface area contributed by atoms with Crippen molar-refractivity contribution in [2.75, 3.05) is 0 Å². The second kappa shape index (κ2) is 5.24. The lowest BCUT2D eigenvalue weighted by Gasteiger charge is -2.23. The van der Waals surface area contributed by atoms with Gasteiger partial charge in [0.05, 0.1) is 5.60 Å². The number of rotatable bonds is 4. The molecule has 0 unspecified atom stereocenters. The lowest BCUT2D eigenvalue weighted by atomic mass is 9.89. The van der Waals surface area contributed by atoms with Gasteiger partial charge in [0.2, 0.25) is 0 Å². The van der Waals surface area contributed by atoms with Crippen LogP contribution in [-0.4, -0.2) is 16.0 Å². The third-order valence-electron chi connectivity index (χ3n) is 3.09. The van der Waals surface area contributed by atoms with Crippen molar-refractivity contribution in [3.8, 4) is 5.75 Å². The zero-order valence-corrected chi connectivity index (χ0v) is 10.7. The Morgan fingerprint density at radius 3 is 2.21 bits per heavy atom. The maximum Gasteiger partial charge on any atom is 0.166 e. The number of carbonyl (C=O) groups is 1. The third kappa shape index (κ3) is 3.20. The van der Waals surface area contributed by atoms with Crippen LogP contribution in [0.1, 0.15) is 29.3 Å². The summed E-state index contributed by atoms with van der Waals surface area (Å²) in [6, 6.07) is 15.1. The average molecular weight is 256 g/mol. The fraction of sp³-hybridized carbons (Fsp3) is 0.188. The molecule has 0 spiro atoms. The van der Waals surface area contributed by atoms with E-state index in [1.807, 2.05) is 18.2 Å². The molecule has 0 amide bonds. The molecule has 2 aromatic rings. The highest BCUT2D eigenvalue weighted by atomic mass is 16.3. The van der Waals surface area contributed by atoms with E-state index in [1.165, 1.54) is 12.1 Å². The van der Waals surface area contributed by atoms with Crippen molar-refractivity contribution >= 4 is 5.78 Å². The van der Waals surface area contributed by atoms with Crippen LogP contribution in [0.5, 0.6) is 5.75 Å². The van der Waals surface area contributed by atoms with E-state index in [9.17, 15) is 15.0 Å². The number of carbonyl (C=O) groups excluding carboxylic acids is 1. The van der Waals surface area contributed by atoms with Gasteiger partial charge < -0.3 is 10.2 Å². The SMILES string of the molecule is C[C@](O)(CC(=O)c1ccc(O)cc1)c1ccccc1. The van der Waals surface area contributed by atoms with Gasteiger partial charge in [-0.25, -0.2) is 0 Å². The Labute approximate surface area is 112 Å². The number of phenolic OH excluding ortho intramolecular Hbond substituents is 1. The Morgan fingerprint density at radius 1 is 1.05 bits per heavy atom. The van der Waals surface area contributed by atoms with E-state index in [1.54, 1.807) is 31.2 Å². The maximum atomic E-state index is 12.1. The molecule has 19 heavy (non-hydrogen) atoms. The average Bonchev–Trinajstić information content (AvgIpc) is 2.40. The summed E-state index contributed by atoms with van der Waals surface area (Å²) < 4.78 is 0. The van der Waals surface area contributed by atoms with Crippen LogP contribution in [0.3, 0.4) is 0 Å². The quantitative estimate of drug-likeness (QED) is 0.827. The number of phenols is 1. The molecule has 0 aliphatic carbocycles. The molecule has 98 valence electrons. The minimum absolute atomic E-state index is 0.00177. The highest BCUT2D eigenvalue weighted by molar-refractivity contribution is 5.96. The van der Waals surface area contributed by atoms with Crippen molar-refractivity contribution in [1.29, 1.82) is 0 Å². The molecule has 1 atom stereocenters. The standard InChI is InChI=1S/C16H16O3/c1-16(19,13-5-3-2-4-6-13)11-15(18)12-7-9-14(17)10-8-12/h2-10,17,19H,11H2,1H3/t16-/m0/s1. The summed E-state index contributed by atoms with van der Waals surface area (Å²) in [6.07, 6.45) is 0.00177. The van der Waals surface area contributed by atoms with Crippen LogP contribution < -0.4 is 0 Å². The predicted molar refractivity (Wildman–Crippen MR) is 73.1 cm³/mol. The number of aliphatic hydroxyl groups is 1. The first-order valence-corrected chi connectivity index (χ1v) is 6.09. The van der Waals surface area contributed by atoms with E-state index in [0.29, 0.717) is 11.1 Å². The number of benzene rings is 2. The molecule has 0 saturated heterocycles. The van der Waals surface area contributed by atoms with Crippen molar-refractivity contribution in [1.82, 2.24) is 0 Å². The molecule has 3 heteroatoms. The topological polar surface area (TPSA) is 57.5 Å². The Kier molecular flexibility index (Phi) is 3.67. The maximum absolute atomic E-state index is 12.1. The van der Waals surface area contributed by atoms with Gasteiger partial charge in [0.15, 0.2) is 5.78 Å². The van der Waals surface area contributed by atoms with Crippen molar-refractivity contribution in [2.24, 2.45) is 0 Å². The normalized spacial score (nSPS) is 13.8. The number of hydrogen-bond acceptors (Lipinski definition) is 3. The predicted octanol–water partition coefficient (Wildman–Crippen LogP) is 2.87. The monoisotopic (exact) mass is 256 g/mol. The van der Waals surface area contributed by atoms with E-state index in [0.717, 1.165) is 0 Å². The molecule has 2 N–H and O–H groups in total. The summed E-state index contributed by atoms with van der Waals surface area (Å²) in [5, 5.41) is 19.6. The lowest BCUT2D eigenvalue weighted by Crippen LogP contribution is -2.25. The van der Waals surface area contributed by atoms with Crippen LogP contribution in [0.15, 0.2) is 54.6 Å². The molecular weight excluding hydrogens is 240 g/mol. The summed E-state index contributed by atoms with van der Waals surface area (Å²) in [6.45, 7) is 1.63. The van der Waals surface area contributed by atoms with Gasteiger partial charge in [0, 0.05) is 12.0 Å². The fourth-order valence-corrected chi connectivity index (χ4v) is 1.96. The van der Waals surface area contributed by atoms with Gasteiger partial charge in [-0.2, -0.15) is 0 Å². The van der Waals surface area contributed by atoms with Crippen LogP contribution in [0, 0.1) is 0 Å². The Balaban J connectivity index is 2.16. The van der Waals surface area contributed by atoms with E-state index in [4.69, 9.17) is 0 Å². The summed E-state index contributed by atoms with van der Waals surface area (Å²) >= 11 is 0. The van der Waals surface area contributed by atoms with Gasteiger partial charge in [-0.15, -0.1) is 0 Å². The molecule has 2 rings (SSSR count). The van der Waals surface area contributed by atoms with Crippen molar-refractivity contribution in [2.45, 2.75) is 18.9 Å². The van der Waals surface area contributed by atoms with Gasteiger partial charge in [-0.3, -0.25) is 4.79 Å². The third-order valence-corrected chi connectivity index (χ3v) is 3.09. The molecule has 2 aromatic carbocycles. The molecule has 0 aliphatic heterocycles. The van der Waals surface area contributed by atoms with Gasteiger partial charge in [0.1, 0.15) is 5.75 Å². The first-order chi connectivity index (χ1) is 8.99. The van der Waals surface area contributed by atoms with Gasteiger partial charge in [-0.1, -0.05) is 30.3 Å². The molecule has 0 fully saturated rings.